The average Bonchev–Trinajstić information content (AvgIpc) is 2.55. The van der Waals surface area contributed by atoms with Crippen molar-refractivity contribution in [3.8, 4) is 11.5 Å². The Balaban J connectivity index is 1.86. The van der Waals surface area contributed by atoms with Gasteiger partial charge in [0.1, 0.15) is 17.6 Å². The minimum Gasteiger partial charge on any atom is -0.508 e. The summed E-state index contributed by atoms with van der Waals surface area (Å²) in [5.41, 5.74) is 4.77. The van der Waals surface area contributed by atoms with Crippen LogP contribution in [-0.2, 0) is 12.8 Å². The number of ether oxygens (including phenoxy) is 1. The lowest BCUT2D eigenvalue weighted by atomic mass is 9.98. The molecule has 0 bridgehead atoms. The molecule has 0 amide bonds. The molecule has 0 aliphatic carbocycles. The molecule has 1 unspecified atom stereocenters. The molecule has 126 valence electrons. The fraction of sp³-hybridized carbons (Fsp3) is 0.333. The summed E-state index contributed by atoms with van der Waals surface area (Å²) in [6.07, 6.45) is 2.01. The first-order chi connectivity index (χ1) is 11.6. The fourth-order valence-corrected chi connectivity index (χ4v) is 3.34. The topological polar surface area (TPSA) is 32.7 Å². The molecule has 1 aliphatic heterocycles. The summed E-state index contributed by atoms with van der Waals surface area (Å²) in [5, 5.41) is 9.80. The largest absolute Gasteiger partial charge is 0.508 e. The molecule has 0 saturated heterocycles. The van der Waals surface area contributed by atoms with Gasteiger partial charge in [0.2, 0.25) is 0 Å². The molecule has 1 aliphatic rings. The highest BCUT2D eigenvalue weighted by Crippen LogP contribution is 2.37. The third kappa shape index (κ3) is 3.56. The summed E-state index contributed by atoms with van der Waals surface area (Å²) in [6, 6.07) is 13.9. The van der Waals surface area contributed by atoms with Crippen LogP contribution >= 0.6 is 0 Å². The van der Waals surface area contributed by atoms with E-state index in [2.05, 4.69) is 42.7 Å². The van der Waals surface area contributed by atoms with Gasteiger partial charge in [-0.25, -0.2) is 0 Å². The molecule has 3 rings (SSSR count). The molecular formula is C21H25NO2. The highest BCUT2D eigenvalue weighted by Gasteiger charge is 2.26. The Morgan fingerprint density at radius 3 is 2.71 bits per heavy atom. The van der Waals surface area contributed by atoms with Crippen molar-refractivity contribution in [3.63, 3.8) is 0 Å². The van der Waals surface area contributed by atoms with E-state index in [1.807, 2.05) is 13.0 Å². The monoisotopic (exact) mass is 323 g/mol. The average molecular weight is 323 g/mol. The van der Waals surface area contributed by atoms with Crippen LogP contribution in [0.3, 0.4) is 0 Å². The van der Waals surface area contributed by atoms with Crippen molar-refractivity contribution < 1.29 is 9.84 Å². The molecule has 1 N–H and O–H groups in total. The Hall–Kier alpha value is -2.42. The van der Waals surface area contributed by atoms with E-state index >= 15 is 0 Å². The summed E-state index contributed by atoms with van der Waals surface area (Å²) in [5.74, 6) is 1.10. The van der Waals surface area contributed by atoms with Gasteiger partial charge in [0.15, 0.2) is 0 Å². The number of benzene rings is 2. The quantitative estimate of drug-likeness (QED) is 0.831. The number of rotatable bonds is 5. The Morgan fingerprint density at radius 2 is 2.00 bits per heavy atom. The summed E-state index contributed by atoms with van der Waals surface area (Å²) >= 11 is 0. The maximum atomic E-state index is 9.80. The molecule has 1 heterocycles. The third-order valence-electron chi connectivity index (χ3n) is 4.41. The van der Waals surface area contributed by atoms with E-state index in [0.29, 0.717) is 0 Å². The highest BCUT2D eigenvalue weighted by atomic mass is 16.5. The molecule has 0 saturated carbocycles. The second-order valence-electron chi connectivity index (χ2n) is 6.56. The lowest BCUT2D eigenvalue weighted by molar-refractivity contribution is 0.194. The number of phenolic OH excluding ortho intramolecular Hbond substituents is 1. The highest BCUT2D eigenvalue weighted by molar-refractivity contribution is 5.63. The van der Waals surface area contributed by atoms with Crippen LogP contribution in [0.2, 0.25) is 0 Å². The summed E-state index contributed by atoms with van der Waals surface area (Å²) < 4.78 is 6.22. The number of hydrogen-bond donors (Lipinski definition) is 1. The van der Waals surface area contributed by atoms with Gasteiger partial charge in [0.25, 0.3) is 0 Å². The SMILES string of the molecule is C=C(C)CN1CC(Cc2ccccc2CC)Oc2ccc(O)cc21. The molecular weight excluding hydrogens is 298 g/mol. The van der Waals surface area contributed by atoms with Crippen LogP contribution in [0.4, 0.5) is 5.69 Å². The molecule has 2 aromatic rings. The Morgan fingerprint density at radius 1 is 1.25 bits per heavy atom. The molecule has 0 fully saturated rings. The molecule has 1 atom stereocenters. The second kappa shape index (κ2) is 7.00. The van der Waals surface area contributed by atoms with Gasteiger partial charge < -0.3 is 14.7 Å². The van der Waals surface area contributed by atoms with E-state index in [4.69, 9.17) is 4.74 Å². The van der Waals surface area contributed by atoms with E-state index in [9.17, 15) is 5.11 Å². The first-order valence-corrected chi connectivity index (χ1v) is 8.52. The molecule has 0 aromatic heterocycles. The first kappa shape index (κ1) is 16.4. The zero-order chi connectivity index (χ0) is 17.1. The summed E-state index contributed by atoms with van der Waals surface area (Å²) in [6.45, 7) is 9.81. The van der Waals surface area contributed by atoms with Crippen molar-refractivity contribution >= 4 is 5.69 Å². The number of anilines is 1. The smallest absolute Gasteiger partial charge is 0.143 e. The van der Waals surface area contributed by atoms with Crippen molar-refractivity contribution in [1.29, 1.82) is 0 Å². The third-order valence-corrected chi connectivity index (χ3v) is 4.41. The number of nitrogens with zero attached hydrogens (tertiary/aromatic N) is 1. The van der Waals surface area contributed by atoms with Gasteiger partial charge in [-0.15, -0.1) is 0 Å². The van der Waals surface area contributed by atoms with Gasteiger partial charge in [-0.3, -0.25) is 0 Å². The van der Waals surface area contributed by atoms with Gasteiger partial charge in [-0.1, -0.05) is 43.3 Å². The maximum absolute atomic E-state index is 9.80. The predicted molar refractivity (Wildman–Crippen MR) is 99.1 cm³/mol. The van der Waals surface area contributed by atoms with Crippen molar-refractivity contribution in [1.82, 2.24) is 0 Å². The normalized spacial score (nSPS) is 16.4. The van der Waals surface area contributed by atoms with Crippen LogP contribution in [0.25, 0.3) is 0 Å². The summed E-state index contributed by atoms with van der Waals surface area (Å²) in [7, 11) is 0. The fourth-order valence-electron chi connectivity index (χ4n) is 3.34. The summed E-state index contributed by atoms with van der Waals surface area (Å²) in [4.78, 5) is 2.25. The van der Waals surface area contributed by atoms with Crippen LogP contribution in [0.5, 0.6) is 11.5 Å². The number of aryl methyl sites for hydroxylation is 1. The first-order valence-electron chi connectivity index (χ1n) is 8.52. The number of aromatic hydroxyl groups is 1. The van der Waals surface area contributed by atoms with Gasteiger partial charge in [-0.2, -0.15) is 0 Å². The number of phenols is 1. The second-order valence-corrected chi connectivity index (χ2v) is 6.56. The molecule has 3 heteroatoms. The maximum Gasteiger partial charge on any atom is 0.143 e. The Labute approximate surface area is 144 Å². The van der Waals surface area contributed by atoms with Crippen molar-refractivity contribution in [2.45, 2.75) is 32.8 Å². The predicted octanol–water partition coefficient (Wildman–Crippen LogP) is 4.34. The number of hydrogen-bond acceptors (Lipinski definition) is 3. The zero-order valence-corrected chi connectivity index (χ0v) is 14.5. The van der Waals surface area contributed by atoms with Gasteiger partial charge >= 0.3 is 0 Å². The molecule has 24 heavy (non-hydrogen) atoms. The van der Waals surface area contributed by atoms with Crippen LogP contribution in [-0.4, -0.2) is 24.3 Å². The lowest BCUT2D eigenvalue weighted by Crippen LogP contribution is -2.42. The lowest BCUT2D eigenvalue weighted by Gasteiger charge is -2.37. The van der Waals surface area contributed by atoms with Crippen molar-refractivity contribution in [2.75, 3.05) is 18.0 Å². The van der Waals surface area contributed by atoms with E-state index in [1.165, 1.54) is 11.1 Å². The van der Waals surface area contributed by atoms with E-state index < -0.39 is 0 Å². The minimum atomic E-state index is 0.0918. The van der Waals surface area contributed by atoms with Gasteiger partial charge in [-0.05, 0) is 36.6 Å². The van der Waals surface area contributed by atoms with Gasteiger partial charge in [0, 0.05) is 19.0 Å². The standard InChI is InChI=1S/C21H25NO2/c1-4-16-7-5-6-8-17(16)11-19-14-22(13-15(2)3)20-12-18(23)9-10-21(20)24-19/h5-10,12,19,23H,2,4,11,13-14H2,1,3H3. The molecule has 3 nitrogen and oxygen atoms in total. The van der Waals surface area contributed by atoms with E-state index in [0.717, 1.165) is 42.9 Å². The van der Waals surface area contributed by atoms with Crippen molar-refractivity contribution in [2.24, 2.45) is 0 Å². The van der Waals surface area contributed by atoms with Crippen LogP contribution in [0.1, 0.15) is 25.0 Å². The van der Waals surface area contributed by atoms with Crippen LogP contribution in [0, 0.1) is 0 Å². The van der Waals surface area contributed by atoms with Crippen LogP contribution in [0.15, 0.2) is 54.6 Å². The zero-order valence-electron chi connectivity index (χ0n) is 14.5. The molecule has 2 aromatic carbocycles. The Kier molecular flexibility index (Phi) is 4.79. The minimum absolute atomic E-state index is 0.0918. The van der Waals surface area contributed by atoms with Crippen LogP contribution < -0.4 is 9.64 Å². The molecule has 0 spiro atoms. The van der Waals surface area contributed by atoms with E-state index in [-0.39, 0.29) is 11.9 Å². The molecule has 0 radical (unpaired) electrons. The van der Waals surface area contributed by atoms with Gasteiger partial charge in [0.05, 0.1) is 12.2 Å². The Bertz CT molecular complexity index is 738. The van der Waals surface area contributed by atoms with Crippen molar-refractivity contribution in [3.05, 3.63) is 65.7 Å². The number of fused-ring (bicyclic) bond motifs is 1. The van der Waals surface area contributed by atoms with E-state index in [1.54, 1.807) is 12.1 Å².